The molecular weight excluding hydrogens is 348 g/mol. The van der Waals surface area contributed by atoms with E-state index in [-0.39, 0.29) is 18.0 Å². The molecule has 0 radical (unpaired) electrons. The average Bonchev–Trinajstić information content (AvgIpc) is 3.17. The van der Waals surface area contributed by atoms with Crippen molar-refractivity contribution in [2.45, 2.75) is 19.0 Å². The molecule has 0 bridgehead atoms. The van der Waals surface area contributed by atoms with Gasteiger partial charge in [-0.1, -0.05) is 54.1 Å². The highest BCUT2D eigenvalue weighted by atomic mass is 35.5. The predicted octanol–water partition coefficient (Wildman–Crippen LogP) is 3.46. The zero-order valence-corrected chi connectivity index (χ0v) is 15.3. The molecule has 5 heteroatoms. The van der Waals surface area contributed by atoms with Crippen LogP contribution in [0, 0.1) is 0 Å². The largest absolute Gasteiger partial charge is 0.463 e. The highest BCUT2D eigenvalue weighted by Crippen LogP contribution is 2.18. The van der Waals surface area contributed by atoms with E-state index >= 15 is 0 Å². The minimum Gasteiger partial charge on any atom is -0.463 e. The van der Waals surface area contributed by atoms with Crippen molar-refractivity contribution < 1.29 is 14.5 Å². The molecule has 0 spiro atoms. The number of quaternary nitrogens is 1. The van der Waals surface area contributed by atoms with Gasteiger partial charge in [0.25, 0.3) is 5.91 Å². The Kier molecular flexibility index (Phi) is 6.10. The third-order valence-electron chi connectivity index (χ3n) is 4.29. The lowest BCUT2D eigenvalue weighted by atomic mass is 10.0. The number of carbonyl (C=O) groups is 1. The van der Waals surface area contributed by atoms with Crippen LogP contribution in [0.5, 0.6) is 0 Å². The number of amides is 1. The molecule has 1 aromatic heterocycles. The topological polar surface area (TPSA) is 58.9 Å². The predicted molar refractivity (Wildman–Crippen MR) is 102 cm³/mol. The minimum absolute atomic E-state index is 0.0278. The van der Waals surface area contributed by atoms with Gasteiger partial charge in [0.05, 0.1) is 12.3 Å². The molecule has 0 aliphatic carbocycles. The molecule has 4 nitrogen and oxygen atoms in total. The summed E-state index contributed by atoms with van der Waals surface area (Å²) in [6.07, 6.45) is 1.65. The Hall–Kier alpha value is -2.56. The highest BCUT2D eigenvalue weighted by molar-refractivity contribution is 6.30. The summed E-state index contributed by atoms with van der Waals surface area (Å²) in [6, 6.07) is 21.2. The number of rotatable bonds is 7. The van der Waals surface area contributed by atoms with Gasteiger partial charge in [-0.05, 0) is 36.8 Å². The second-order valence-corrected chi connectivity index (χ2v) is 6.62. The lowest BCUT2D eigenvalue weighted by Crippen LogP contribution is -2.87. The monoisotopic (exact) mass is 369 g/mol. The fourth-order valence-corrected chi connectivity index (χ4v) is 3.03. The van der Waals surface area contributed by atoms with Crippen LogP contribution in [0.3, 0.4) is 0 Å². The summed E-state index contributed by atoms with van der Waals surface area (Å²) in [4.78, 5) is 12.4. The molecule has 1 amide bonds. The first-order valence-electron chi connectivity index (χ1n) is 8.60. The smallest absolute Gasteiger partial charge is 0.275 e. The molecule has 2 atom stereocenters. The van der Waals surface area contributed by atoms with Crippen molar-refractivity contribution in [1.29, 1.82) is 0 Å². The fraction of sp³-hybridized carbons (Fsp3) is 0.190. The molecule has 3 aromatic rings. The lowest BCUT2D eigenvalue weighted by Gasteiger charge is -2.16. The van der Waals surface area contributed by atoms with E-state index in [4.69, 9.17) is 16.0 Å². The van der Waals surface area contributed by atoms with E-state index in [0.29, 0.717) is 11.6 Å². The molecule has 0 saturated heterocycles. The zero-order valence-electron chi connectivity index (χ0n) is 14.6. The summed E-state index contributed by atoms with van der Waals surface area (Å²) in [5.74, 6) is 0.801. The van der Waals surface area contributed by atoms with Gasteiger partial charge < -0.3 is 15.1 Å². The van der Waals surface area contributed by atoms with Crippen LogP contribution in [-0.4, -0.2) is 12.5 Å². The molecule has 26 heavy (non-hydrogen) atoms. The molecule has 1 heterocycles. The standard InChI is InChI=1S/C21H21ClN2O2/c1-15(16-9-11-18(22)12-10-16)24-20(25)14-23-21(19-8-5-13-26-19)17-6-3-2-4-7-17/h2-13,15,21,23H,14H2,1H3,(H,24,25)/p+1/t15-,21-/m0/s1. The van der Waals surface area contributed by atoms with Crippen LogP contribution in [0.15, 0.2) is 77.4 Å². The second-order valence-electron chi connectivity index (χ2n) is 6.18. The summed E-state index contributed by atoms with van der Waals surface area (Å²) >= 11 is 5.91. The van der Waals surface area contributed by atoms with Gasteiger partial charge in [0.2, 0.25) is 0 Å². The van der Waals surface area contributed by atoms with Crippen LogP contribution in [0.4, 0.5) is 0 Å². The van der Waals surface area contributed by atoms with Gasteiger partial charge in [-0.2, -0.15) is 0 Å². The van der Waals surface area contributed by atoms with Crippen LogP contribution in [0.1, 0.15) is 35.9 Å². The number of nitrogens with two attached hydrogens (primary N) is 1. The Bertz CT molecular complexity index is 817. The SMILES string of the molecule is C[C@H](NC(=O)C[NH2+][C@@H](c1ccccc1)c1ccco1)c1ccc(Cl)cc1. The summed E-state index contributed by atoms with van der Waals surface area (Å²) in [5.41, 5.74) is 2.12. The first kappa shape index (κ1) is 18.2. The van der Waals surface area contributed by atoms with Crippen LogP contribution in [0.25, 0.3) is 0 Å². The van der Waals surface area contributed by atoms with Gasteiger partial charge in [0.15, 0.2) is 18.3 Å². The van der Waals surface area contributed by atoms with Crippen molar-refractivity contribution in [3.63, 3.8) is 0 Å². The van der Waals surface area contributed by atoms with E-state index in [9.17, 15) is 4.79 Å². The van der Waals surface area contributed by atoms with E-state index < -0.39 is 0 Å². The minimum atomic E-state index is -0.0769. The van der Waals surface area contributed by atoms with Gasteiger partial charge in [-0.25, -0.2) is 0 Å². The van der Waals surface area contributed by atoms with Crippen LogP contribution in [-0.2, 0) is 4.79 Å². The normalized spacial score (nSPS) is 13.2. The Morgan fingerprint density at radius 3 is 2.42 bits per heavy atom. The van der Waals surface area contributed by atoms with Gasteiger partial charge in [0, 0.05) is 10.6 Å². The lowest BCUT2D eigenvalue weighted by molar-refractivity contribution is -0.678. The van der Waals surface area contributed by atoms with Crippen molar-refractivity contribution in [2.24, 2.45) is 0 Å². The second kappa shape index (κ2) is 8.70. The number of carbonyl (C=O) groups excluding carboxylic acids is 1. The van der Waals surface area contributed by atoms with E-state index in [1.165, 1.54) is 0 Å². The molecule has 134 valence electrons. The van der Waals surface area contributed by atoms with E-state index in [1.54, 1.807) is 6.26 Å². The fourth-order valence-electron chi connectivity index (χ4n) is 2.91. The molecule has 0 saturated carbocycles. The Morgan fingerprint density at radius 1 is 1.04 bits per heavy atom. The molecule has 0 aliphatic heterocycles. The molecular formula is C21H22ClN2O2+. The highest BCUT2D eigenvalue weighted by Gasteiger charge is 2.22. The van der Waals surface area contributed by atoms with Crippen molar-refractivity contribution in [1.82, 2.24) is 5.32 Å². The summed E-state index contributed by atoms with van der Waals surface area (Å²) < 4.78 is 5.57. The number of furan rings is 1. The maximum atomic E-state index is 12.4. The van der Waals surface area contributed by atoms with Gasteiger partial charge in [-0.3, -0.25) is 4.79 Å². The maximum absolute atomic E-state index is 12.4. The quantitative estimate of drug-likeness (QED) is 0.670. The van der Waals surface area contributed by atoms with Crippen molar-refractivity contribution in [2.75, 3.05) is 6.54 Å². The number of halogens is 1. The van der Waals surface area contributed by atoms with Gasteiger partial charge >= 0.3 is 0 Å². The number of hydrogen-bond donors (Lipinski definition) is 2. The van der Waals surface area contributed by atoms with Gasteiger partial charge in [0.1, 0.15) is 0 Å². The van der Waals surface area contributed by atoms with E-state index in [0.717, 1.165) is 16.9 Å². The molecule has 3 N–H and O–H groups in total. The van der Waals surface area contributed by atoms with Crippen molar-refractivity contribution in [3.05, 3.63) is 94.9 Å². The Labute approximate surface area is 158 Å². The van der Waals surface area contributed by atoms with Crippen molar-refractivity contribution in [3.8, 4) is 0 Å². The first-order valence-corrected chi connectivity index (χ1v) is 8.98. The van der Waals surface area contributed by atoms with Gasteiger partial charge in [-0.15, -0.1) is 0 Å². The Morgan fingerprint density at radius 2 is 1.77 bits per heavy atom. The average molecular weight is 370 g/mol. The summed E-state index contributed by atoms with van der Waals surface area (Å²) in [5, 5.41) is 5.69. The third kappa shape index (κ3) is 4.75. The summed E-state index contributed by atoms with van der Waals surface area (Å²) in [7, 11) is 0. The van der Waals surface area contributed by atoms with Crippen LogP contribution in [0.2, 0.25) is 5.02 Å². The Balaban J connectivity index is 1.62. The van der Waals surface area contributed by atoms with E-state index in [1.807, 2.05) is 79.0 Å². The number of nitrogens with one attached hydrogen (secondary N) is 1. The molecule has 0 fully saturated rings. The zero-order chi connectivity index (χ0) is 18.4. The molecule has 0 aliphatic rings. The molecule has 0 unspecified atom stereocenters. The van der Waals surface area contributed by atoms with E-state index in [2.05, 4.69) is 5.32 Å². The first-order chi connectivity index (χ1) is 12.6. The van der Waals surface area contributed by atoms with Crippen molar-refractivity contribution >= 4 is 17.5 Å². The third-order valence-corrected chi connectivity index (χ3v) is 4.55. The maximum Gasteiger partial charge on any atom is 0.275 e. The molecule has 2 aromatic carbocycles. The molecule has 3 rings (SSSR count). The van der Waals surface area contributed by atoms with Crippen LogP contribution < -0.4 is 10.6 Å². The van der Waals surface area contributed by atoms with Crippen LogP contribution >= 0.6 is 11.6 Å². The number of hydrogen-bond acceptors (Lipinski definition) is 2. The number of benzene rings is 2. The summed E-state index contributed by atoms with van der Waals surface area (Å²) in [6.45, 7) is 2.26.